The van der Waals surface area contributed by atoms with Crippen molar-refractivity contribution in [2.24, 2.45) is 5.10 Å². The molecule has 0 saturated heterocycles. The molecule has 4 aromatic rings. The molecule has 162 valence electrons. The van der Waals surface area contributed by atoms with Crippen LogP contribution in [0.5, 0.6) is 0 Å². The molecule has 1 atom stereocenters. The van der Waals surface area contributed by atoms with E-state index in [1.165, 1.54) is 4.68 Å². The van der Waals surface area contributed by atoms with Gasteiger partial charge in [-0.05, 0) is 66.6 Å². The zero-order valence-corrected chi connectivity index (χ0v) is 20.8. The van der Waals surface area contributed by atoms with Gasteiger partial charge in [-0.1, -0.05) is 65.3 Å². The Morgan fingerprint density at radius 1 is 1.09 bits per heavy atom. The number of hydrogen-bond acceptors (Lipinski definition) is 4. The Labute approximate surface area is 204 Å². The predicted octanol–water partition coefficient (Wildman–Crippen LogP) is 7.36. The zero-order chi connectivity index (χ0) is 22.7. The molecule has 0 aliphatic heterocycles. The maximum Gasteiger partial charge on any atom is 0.282 e. The molecule has 0 N–H and O–H groups in total. The van der Waals surface area contributed by atoms with Gasteiger partial charge in [0.2, 0.25) is 0 Å². The van der Waals surface area contributed by atoms with Crippen molar-refractivity contribution in [1.82, 2.24) is 9.66 Å². The lowest BCUT2D eigenvalue weighted by Crippen LogP contribution is -2.23. The van der Waals surface area contributed by atoms with Gasteiger partial charge >= 0.3 is 0 Å². The van der Waals surface area contributed by atoms with E-state index in [2.05, 4.69) is 34.9 Å². The monoisotopic (exact) mass is 525 g/mol. The van der Waals surface area contributed by atoms with Crippen LogP contribution in [-0.2, 0) is 0 Å². The molecule has 3 aromatic carbocycles. The lowest BCUT2D eigenvalue weighted by atomic mass is 10.1. The van der Waals surface area contributed by atoms with Crippen molar-refractivity contribution < 1.29 is 0 Å². The van der Waals surface area contributed by atoms with Crippen LogP contribution in [0.25, 0.3) is 10.9 Å². The van der Waals surface area contributed by atoms with Crippen molar-refractivity contribution in [3.63, 3.8) is 0 Å². The number of halogens is 2. The standard InChI is InChI=1S/C25H21BrClN3OS/c1-3-16(2)24-29-23-13-6-18(26)14-22(23)25(31)30(24)28-15-17-4-9-20(10-5-17)32-21-11-7-19(27)8-12-21/h4-16H,3H2,1-2H3/t16-/m0/s1. The molecule has 0 radical (unpaired) electrons. The Morgan fingerprint density at radius 3 is 2.41 bits per heavy atom. The second-order valence-electron chi connectivity index (χ2n) is 7.43. The van der Waals surface area contributed by atoms with Crippen LogP contribution in [0.1, 0.15) is 37.6 Å². The minimum atomic E-state index is -0.169. The number of nitrogens with zero attached hydrogens (tertiary/aromatic N) is 3. The molecule has 32 heavy (non-hydrogen) atoms. The van der Waals surface area contributed by atoms with E-state index in [-0.39, 0.29) is 11.5 Å². The fourth-order valence-corrected chi connectivity index (χ4v) is 4.47. The van der Waals surface area contributed by atoms with Gasteiger partial charge in [-0.25, -0.2) is 4.98 Å². The Kier molecular flexibility index (Phi) is 7.13. The van der Waals surface area contributed by atoms with Crippen LogP contribution in [0, 0.1) is 0 Å². The highest BCUT2D eigenvalue weighted by atomic mass is 79.9. The number of aromatic nitrogens is 2. The largest absolute Gasteiger partial charge is 0.282 e. The summed E-state index contributed by atoms with van der Waals surface area (Å²) in [5.41, 5.74) is 1.42. The van der Waals surface area contributed by atoms with E-state index in [1.54, 1.807) is 24.0 Å². The Hall–Kier alpha value is -2.41. The van der Waals surface area contributed by atoms with Crippen molar-refractivity contribution in [2.45, 2.75) is 36.0 Å². The van der Waals surface area contributed by atoms with E-state index < -0.39 is 0 Å². The zero-order valence-electron chi connectivity index (χ0n) is 17.6. The second kappa shape index (κ2) is 10.0. The number of fused-ring (bicyclic) bond motifs is 1. The topological polar surface area (TPSA) is 47.2 Å². The summed E-state index contributed by atoms with van der Waals surface area (Å²) in [7, 11) is 0. The summed E-state index contributed by atoms with van der Waals surface area (Å²) in [4.78, 5) is 20.2. The first kappa shape index (κ1) is 22.8. The summed E-state index contributed by atoms with van der Waals surface area (Å²) in [6.45, 7) is 4.13. The van der Waals surface area contributed by atoms with Crippen LogP contribution in [0.15, 0.2) is 90.9 Å². The summed E-state index contributed by atoms with van der Waals surface area (Å²) in [5, 5.41) is 5.79. The number of hydrogen-bond donors (Lipinski definition) is 0. The highest BCUT2D eigenvalue weighted by molar-refractivity contribution is 9.10. The molecule has 4 rings (SSSR count). The highest BCUT2D eigenvalue weighted by Crippen LogP contribution is 2.28. The molecule has 0 fully saturated rings. The average molecular weight is 527 g/mol. The van der Waals surface area contributed by atoms with Gasteiger partial charge in [0.05, 0.1) is 17.1 Å². The van der Waals surface area contributed by atoms with Crippen molar-refractivity contribution in [2.75, 3.05) is 0 Å². The van der Waals surface area contributed by atoms with Crippen LogP contribution >= 0.6 is 39.3 Å². The van der Waals surface area contributed by atoms with Gasteiger partial charge in [0.15, 0.2) is 0 Å². The van der Waals surface area contributed by atoms with E-state index in [0.29, 0.717) is 16.7 Å². The van der Waals surface area contributed by atoms with Gasteiger partial charge in [-0.3, -0.25) is 4.79 Å². The van der Waals surface area contributed by atoms with Crippen LogP contribution in [0.4, 0.5) is 0 Å². The van der Waals surface area contributed by atoms with Gasteiger partial charge in [-0.2, -0.15) is 9.78 Å². The smallest absolute Gasteiger partial charge is 0.267 e. The quantitative estimate of drug-likeness (QED) is 0.247. The third-order valence-corrected chi connectivity index (χ3v) is 6.90. The summed E-state index contributed by atoms with van der Waals surface area (Å²) >= 11 is 11.1. The fraction of sp³-hybridized carbons (Fsp3) is 0.160. The van der Waals surface area contributed by atoms with Crippen LogP contribution in [-0.4, -0.2) is 15.9 Å². The van der Waals surface area contributed by atoms with Gasteiger partial charge in [-0.15, -0.1) is 0 Å². The Bertz CT molecular complexity index is 1330. The Morgan fingerprint density at radius 2 is 1.75 bits per heavy atom. The third-order valence-electron chi connectivity index (χ3n) is 5.14. The van der Waals surface area contributed by atoms with Crippen molar-refractivity contribution >= 4 is 56.4 Å². The van der Waals surface area contributed by atoms with E-state index in [4.69, 9.17) is 16.6 Å². The third kappa shape index (κ3) is 5.14. The van der Waals surface area contributed by atoms with Gasteiger partial charge in [0.1, 0.15) is 5.82 Å². The first-order valence-electron chi connectivity index (χ1n) is 10.2. The number of benzene rings is 3. The maximum absolute atomic E-state index is 13.2. The normalized spacial score (nSPS) is 12.5. The van der Waals surface area contributed by atoms with E-state index in [9.17, 15) is 4.79 Å². The lowest BCUT2D eigenvalue weighted by molar-refractivity contribution is 0.613. The molecule has 0 spiro atoms. The van der Waals surface area contributed by atoms with E-state index in [0.717, 1.165) is 31.3 Å². The van der Waals surface area contributed by atoms with Crippen molar-refractivity contribution in [1.29, 1.82) is 0 Å². The lowest BCUT2D eigenvalue weighted by Gasteiger charge is -2.14. The van der Waals surface area contributed by atoms with Crippen molar-refractivity contribution in [3.8, 4) is 0 Å². The van der Waals surface area contributed by atoms with Gasteiger partial charge < -0.3 is 0 Å². The minimum absolute atomic E-state index is 0.103. The molecule has 4 nitrogen and oxygen atoms in total. The molecular formula is C25H21BrClN3OS. The molecule has 0 amide bonds. The van der Waals surface area contributed by atoms with Crippen LogP contribution in [0.2, 0.25) is 5.02 Å². The Balaban J connectivity index is 1.64. The summed E-state index contributed by atoms with van der Waals surface area (Å²) in [6, 6.07) is 21.4. The molecule has 0 aliphatic rings. The van der Waals surface area contributed by atoms with Gasteiger partial charge in [0.25, 0.3) is 5.56 Å². The van der Waals surface area contributed by atoms with E-state index >= 15 is 0 Å². The molecule has 1 heterocycles. The molecule has 7 heteroatoms. The molecule has 0 bridgehead atoms. The molecule has 0 saturated carbocycles. The fourth-order valence-electron chi connectivity index (χ4n) is 3.16. The first-order chi connectivity index (χ1) is 15.4. The minimum Gasteiger partial charge on any atom is -0.267 e. The van der Waals surface area contributed by atoms with Crippen LogP contribution < -0.4 is 5.56 Å². The summed E-state index contributed by atoms with van der Waals surface area (Å²) < 4.78 is 2.27. The van der Waals surface area contributed by atoms with Crippen LogP contribution in [0.3, 0.4) is 0 Å². The van der Waals surface area contributed by atoms with Crippen molar-refractivity contribution in [3.05, 3.63) is 98.0 Å². The maximum atomic E-state index is 13.2. The van der Waals surface area contributed by atoms with Gasteiger partial charge in [0, 0.05) is 25.2 Å². The average Bonchev–Trinajstić information content (AvgIpc) is 2.80. The summed E-state index contributed by atoms with van der Waals surface area (Å²) in [5.74, 6) is 0.768. The molecular weight excluding hydrogens is 506 g/mol. The highest BCUT2D eigenvalue weighted by Gasteiger charge is 2.15. The first-order valence-corrected chi connectivity index (χ1v) is 12.2. The SMILES string of the molecule is CC[C@H](C)c1nc2ccc(Br)cc2c(=O)n1N=Cc1ccc(Sc2ccc(Cl)cc2)cc1. The summed E-state index contributed by atoms with van der Waals surface area (Å²) in [6.07, 6.45) is 2.57. The second-order valence-corrected chi connectivity index (χ2v) is 9.93. The molecule has 1 aromatic heterocycles. The molecule has 0 unspecified atom stereocenters. The van der Waals surface area contributed by atoms with E-state index in [1.807, 2.05) is 60.7 Å². The predicted molar refractivity (Wildman–Crippen MR) is 137 cm³/mol. The molecule has 0 aliphatic carbocycles. The number of rotatable bonds is 6.